The SMILES string of the molecule is CC(C)C.CC(C)Oc1cc(Oc2ccc(S(C)(=O)=O)cc2)c2[nH]nc(Nc3ccn(C)n3)c2c1.CO.COCn1nc(Nc2ccn(C)n2)c2cc(C)cc(Oc3ccc(S(C)(=O)=O)cc3)c21.COCn1nc(Nc2ccn(C)n2)c2cc(O)cc(Oc3ccc(S(C)(=O)=O)cc3)c21.COCn1nc(Nc2ccn(C)n2)c2cc(OC(C)C)cc(Oc3ccc(S(C)(=O)=O)cc3)c21.O=CO[O-].O=CO[O-].[2H]CF.[H-].[H-].[K+].[K+].[K+].[K+]. The minimum absolute atomic E-state index is 0. The van der Waals surface area contributed by atoms with E-state index in [0.29, 0.717) is 126 Å². The molecular weight excluding hydrogens is 2100 g/mol. The first kappa shape index (κ1) is 129. The number of rotatable bonds is 32. The number of carbonyl (C=O) groups excluding carboxylic acids is 2. The van der Waals surface area contributed by atoms with Crippen LogP contribution in [-0.2, 0) is 121 Å². The van der Waals surface area contributed by atoms with Gasteiger partial charge in [-0.25, -0.2) is 47.7 Å². The van der Waals surface area contributed by atoms with Crippen LogP contribution in [0.3, 0.4) is 0 Å². The Balaban J connectivity index is 0.000000633. The van der Waals surface area contributed by atoms with Crippen LogP contribution in [0.1, 0.15) is 58.3 Å². The molecule has 0 amide bonds. The predicted octanol–water partition coefficient (Wildman–Crippen LogP) is 1.73. The van der Waals surface area contributed by atoms with Crippen molar-refractivity contribution >= 4 is 142 Å². The third-order valence-electron chi connectivity index (χ3n) is 18.5. The van der Waals surface area contributed by atoms with Crippen molar-refractivity contribution < 1.29 is 331 Å². The molecule has 7 N–H and O–H groups in total. The van der Waals surface area contributed by atoms with E-state index in [4.69, 9.17) is 69.2 Å². The maximum atomic E-state index is 11.8. The molecule has 54 heteroatoms. The molecule has 0 spiro atoms. The molecule has 8 aromatic carbocycles. The number of aromatic nitrogens is 16. The van der Waals surface area contributed by atoms with E-state index >= 15 is 0 Å². The number of fused-ring (bicyclic) bond motifs is 4. The maximum absolute atomic E-state index is 11.8. The number of aromatic amines is 1. The van der Waals surface area contributed by atoms with E-state index in [1.807, 2.05) is 117 Å². The smallest absolute Gasteiger partial charge is 1.00 e. The quantitative estimate of drug-likeness (QED) is 0.0137. The summed E-state index contributed by atoms with van der Waals surface area (Å²) in [7, 11) is -1.13. The van der Waals surface area contributed by atoms with Crippen molar-refractivity contribution in [2.45, 2.75) is 107 Å². The molecule has 0 fully saturated rings. The standard InChI is InChI=1S/C23H27N5O5S.2C21H23N5O4S.C20H21N5O5S.C4H10.CH3F.2CH2O3.CH4O.4K.2H/c1-15(2)32-17-12-19-22(20(13-17)33-16-6-8-18(9-7-16)34(5,29)30)28(14-31-4)26-23(19)24-21-10-11-27(3)25-21;1-14-11-17-20(18(12-14)30-15-5-7-16(8-6-15)31(4,27)28)26(13-29-3)24-21(17)22-19-9-10-25(2)23-19;1-13(2)29-15-11-17-20(23-24-21(17)22-19-9-10-26(3)25-19)18(12-15)30-14-5-7-16(8-6-14)31(4,27)28;1-24-9-8-18(22-24)21-20-16-10-13(26)11-17(19(16)25(23-20)12-29-2)30-14-4-6-15(7-5-14)31(3,27)28;1-4(2)3;1-2;2*2-1-4-3;1-2;;;;;;/h6-13,15H,14H2,1-5H3,(H,24,25,26);5-12H,13H2,1-4H3,(H,22,23,24);5-13H,1-4H3,(H2,22,23,24,25);4-11,26H,12H2,1-3H3,(H,21,22,23);4H,1-3H3;1H3;2*1,3H;2H,1H3;;;;;;/q;;;;;;;;;4*+1;2*-1/p-2/i;;;;;1D;;;;;;;;;. The Hall–Kier alpha value is -8.74. The van der Waals surface area contributed by atoms with E-state index < -0.39 is 46.5 Å². The molecule has 0 unspecified atom stereocenters. The largest absolute Gasteiger partial charge is 1.00 e. The minimum Gasteiger partial charge on any atom is -1.00 e. The predicted molar refractivity (Wildman–Crippen MR) is 531 cm³/mol. The Kier molecular flexibility index (Phi) is 54.5. The number of sulfone groups is 4. The number of nitrogens with zero attached hydrogens (tertiary/aromatic N) is 15. The van der Waals surface area contributed by atoms with Crippen LogP contribution in [0.5, 0.6) is 63.2 Å². The van der Waals surface area contributed by atoms with Gasteiger partial charge in [0.2, 0.25) is 0 Å². The fourth-order valence-electron chi connectivity index (χ4n) is 13.0. The number of aryl methyl sites for hydroxylation is 5. The van der Waals surface area contributed by atoms with Gasteiger partial charge in [0.25, 0.3) is 12.9 Å². The molecule has 772 valence electrons. The van der Waals surface area contributed by atoms with Gasteiger partial charge in [0.1, 0.15) is 82.5 Å². The topological polar surface area (TPSA) is 560 Å². The van der Waals surface area contributed by atoms with Gasteiger partial charge >= 0.3 is 206 Å². The number of methoxy groups -OCH3 is 3. The summed E-state index contributed by atoms with van der Waals surface area (Å²) < 4.78 is 173. The number of hydrogen-bond donors (Lipinski definition) is 7. The van der Waals surface area contributed by atoms with Crippen LogP contribution >= 0.6 is 0 Å². The van der Waals surface area contributed by atoms with Gasteiger partial charge in [-0.1, -0.05) is 20.8 Å². The first-order valence-corrected chi connectivity index (χ1v) is 50.2. The number of nitrogens with one attached hydrogen (secondary N) is 5. The fraction of sp³-hybridized carbons (Fsp3) is 0.290. The number of aliphatic hydroxyl groups is 1. The number of hydrogen-bond acceptors (Lipinski definition) is 37. The van der Waals surface area contributed by atoms with Gasteiger partial charge in [-0.15, -0.1) is 0 Å². The number of anilines is 8. The van der Waals surface area contributed by atoms with Crippen LogP contribution in [0.15, 0.2) is 214 Å². The molecule has 16 aromatic rings. The van der Waals surface area contributed by atoms with Crippen molar-refractivity contribution in [2.75, 3.05) is 81.9 Å². The van der Waals surface area contributed by atoms with Gasteiger partial charge in [-0.05, 0) is 173 Å². The molecule has 0 saturated carbocycles. The van der Waals surface area contributed by atoms with Crippen molar-refractivity contribution in [3.63, 3.8) is 0 Å². The van der Waals surface area contributed by atoms with E-state index in [0.717, 1.165) is 46.5 Å². The third kappa shape index (κ3) is 39.8. The number of phenolic OH excluding ortho intramolecular Hbond substituents is 1. The molecule has 0 aliphatic carbocycles. The monoisotopic (exact) mass is 2220 g/mol. The normalized spacial score (nSPS) is 10.9. The molecule has 0 bridgehead atoms. The molecule has 0 aliphatic heterocycles. The molecular formula is C93H115FK4N20O25S4. The number of carbonyl (C=O) groups is 2. The molecule has 0 saturated heterocycles. The van der Waals surface area contributed by atoms with Gasteiger partial charge in [-0.3, -0.25) is 37.8 Å². The van der Waals surface area contributed by atoms with Gasteiger partial charge in [-0.2, -0.15) is 40.8 Å². The summed E-state index contributed by atoms with van der Waals surface area (Å²) in [5.41, 5.74) is 3.67. The average molecular weight is 2220 g/mol. The first-order valence-electron chi connectivity index (χ1n) is 43.3. The van der Waals surface area contributed by atoms with Crippen LogP contribution in [-0.4, -0.2) is 208 Å². The Bertz CT molecular complexity index is 7200. The summed E-state index contributed by atoms with van der Waals surface area (Å²) in [5.74, 6) is 10.6. The maximum Gasteiger partial charge on any atom is 1.00 e. The Morgan fingerprint density at radius 3 is 0.939 bits per heavy atom. The number of aliphatic hydroxyl groups excluding tert-OH is 1. The van der Waals surface area contributed by atoms with Crippen LogP contribution in [0.2, 0.25) is 0 Å². The van der Waals surface area contributed by atoms with E-state index in [1.165, 1.54) is 73.4 Å². The second-order valence-corrected chi connectivity index (χ2v) is 39.9. The zero-order valence-electron chi connectivity index (χ0n) is 88.7. The number of benzene rings is 8. The molecule has 45 nitrogen and oxygen atoms in total. The second-order valence-electron chi connectivity index (χ2n) is 31.9. The summed E-state index contributed by atoms with van der Waals surface area (Å²) in [6.45, 7) is 16.4. The average Bonchev–Trinajstić information content (AvgIpc) is 1.62. The number of phenols is 1. The van der Waals surface area contributed by atoms with Crippen LogP contribution in [0.4, 0.5) is 50.9 Å². The molecule has 8 aromatic heterocycles. The zero-order chi connectivity index (χ0) is 106. The summed E-state index contributed by atoms with van der Waals surface area (Å²) in [4.78, 5) is 23.4. The van der Waals surface area contributed by atoms with Gasteiger partial charge in [0.05, 0.1) is 56.5 Å². The third-order valence-corrected chi connectivity index (χ3v) is 23.0. The van der Waals surface area contributed by atoms with Gasteiger partial charge < -0.3 is 97.3 Å². The summed E-state index contributed by atoms with van der Waals surface area (Å²) in [6.07, 6.45) is 11.9. The number of ether oxygens (including phenoxy) is 9. The minimum atomic E-state index is -3.31. The molecule has 0 radical (unpaired) electrons. The molecule has 0 aliphatic rings. The molecule has 0 atom stereocenters. The molecule has 147 heavy (non-hydrogen) atoms. The van der Waals surface area contributed by atoms with Gasteiger partial charge in [0, 0.05) is 154 Å². The summed E-state index contributed by atoms with van der Waals surface area (Å²) in [5, 5.41) is 88.5. The Labute approximate surface area is 1020 Å². The van der Waals surface area contributed by atoms with Crippen LogP contribution < -0.4 is 266 Å². The fourth-order valence-corrected chi connectivity index (χ4v) is 15.5. The number of halogens is 1. The summed E-state index contributed by atoms with van der Waals surface area (Å²) in [6, 6.07) is 46.5. The van der Waals surface area contributed by atoms with E-state index in [-0.39, 0.29) is 279 Å². The Morgan fingerprint density at radius 2 is 0.667 bits per heavy atom. The number of aromatic hydroxyl groups is 1. The van der Waals surface area contributed by atoms with E-state index in [2.05, 4.69) is 97.7 Å². The van der Waals surface area contributed by atoms with Crippen LogP contribution in [0, 0.1) is 12.8 Å². The Morgan fingerprint density at radius 1 is 0.408 bits per heavy atom. The van der Waals surface area contributed by atoms with E-state index in [1.54, 1.807) is 140 Å². The van der Waals surface area contributed by atoms with Crippen molar-refractivity contribution in [3.8, 4) is 63.2 Å². The molecule has 16 rings (SSSR count). The number of H-pyrrole nitrogens is 1. The second kappa shape index (κ2) is 62.3. The molecule has 8 heterocycles. The van der Waals surface area contributed by atoms with Crippen molar-refractivity contribution in [2.24, 2.45) is 34.1 Å². The van der Waals surface area contributed by atoms with Crippen molar-refractivity contribution in [1.29, 1.82) is 0 Å². The first-order chi connectivity index (χ1) is 68.3. The van der Waals surface area contributed by atoms with Gasteiger partial charge in [0.15, 0.2) is 109 Å². The van der Waals surface area contributed by atoms with Crippen molar-refractivity contribution in [3.05, 3.63) is 200 Å². The zero-order valence-corrected chi connectivity index (χ0v) is 101. The van der Waals surface area contributed by atoms with Crippen molar-refractivity contribution in [1.82, 2.24) is 78.7 Å². The van der Waals surface area contributed by atoms with E-state index in [9.17, 15) is 43.2 Å². The summed E-state index contributed by atoms with van der Waals surface area (Å²) >= 11 is 0. The number of alkyl halides is 1. The van der Waals surface area contributed by atoms with Crippen LogP contribution in [0.25, 0.3) is 43.6 Å².